The Labute approximate surface area is 132 Å². The van der Waals surface area contributed by atoms with E-state index >= 15 is 0 Å². The molecule has 0 saturated carbocycles. The van der Waals surface area contributed by atoms with Gasteiger partial charge in [-0.1, -0.05) is 29.8 Å². The van der Waals surface area contributed by atoms with E-state index in [1.165, 1.54) is 18.7 Å². The van der Waals surface area contributed by atoms with Crippen molar-refractivity contribution in [1.82, 2.24) is 5.01 Å². The van der Waals surface area contributed by atoms with Gasteiger partial charge in [0.2, 0.25) is 5.72 Å². The summed E-state index contributed by atoms with van der Waals surface area (Å²) in [5.74, 6) is -0.0354. The van der Waals surface area contributed by atoms with E-state index in [0.717, 1.165) is 11.1 Å². The number of nitrogens with zero attached hydrogens (tertiary/aromatic N) is 2. The number of hydrogen-bond acceptors (Lipinski definition) is 4. The van der Waals surface area contributed by atoms with Crippen molar-refractivity contribution in [3.8, 4) is 0 Å². The largest absolute Gasteiger partial charge is 0.364 e. The van der Waals surface area contributed by atoms with Crippen LogP contribution in [-0.4, -0.2) is 39.6 Å². The van der Waals surface area contributed by atoms with Crippen LogP contribution >= 0.6 is 11.8 Å². The first-order valence-electron chi connectivity index (χ1n) is 6.84. The highest BCUT2D eigenvalue weighted by Gasteiger charge is 2.50. The van der Waals surface area contributed by atoms with Crippen LogP contribution in [0.15, 0.2) is 29.4 Å². The molecule has 1 atom stereocenters. The predicted molar refractivity (Wildman–Crippen MR) is 82.9 cm³/mol. The number of hydrogen-bond donors (Lipinski definition) is 1. The molecule has 1 heterocycles. The van der Waals surface area contributed by atoms with Crippen molar-refractivity contribution in [1.29, 1.82) is 0 Å². The van der Waals surface area contributed by atoms with E-state index in [9.17, 15) is 18.7 Å². The van der Waals surface area contributed by atoms with Crippen LogP contribution in [-0.2, 0) is 10.5 Å². The second-order valence-electron chi connectivity index (χ2n) is 5.38. The Morgan fingerprint density at radius 3 is 2.64 bits per heavy atom. The molecule has 0 bridgehead atoms. The number of rotatable bonds is 5. The molecule has 0 spiro atoms. The highest BCUT2D eigenvalue weighted by atomic mass is 32.2. The summed E-state index contributed by atoms with van der Waals surface area (Å²) in [6, 6.07) is 7.86. The van der Waals surface area contributed by atoms with Crippen molar-refractivity contribution in [3.63, 3.8) is 0 Å². The van der Waals surface area contributed by atoms with Crippen molar-refractivity contribution in [2.75, 3.05) is 5.75 Å². The second kappa shape index (κ2) is 6.75. The van der Waals surface area contributed by atoms with Crippen LogP contribution in [0.1, 0.15) is 24.5 Å². The molecule has 0 aliphatic carbocycles. The third-order valence-corrected chi connectivity index (χ3v) is 4.34. The van der Waals surface area contributed by atoms with Gasteiger partial charge in [0.15, 0.2) is 0 Å². The minimum Gasteiger partial charge on any atom is -0.364 e. The molecule has 1 aliphatic heterocycles. The lowest BCUT2D eigenvalue weighted by Gasteiger charge is -2.29. The van der Waals surface area contributed by atoms with Gasteiger partial charge in [0.05, 0.1) is 5.75 Å². The number of aryl methyl sites for hydroxylation is 1. The fraction of sp³-hybridized carbons (Fsp3) is 0.467. The second-order valence-corrected chi connectivity index (χ2v) is 6.36. The third kappa shape index (κ3) is 3.64. The van der Waals surface area contributed by atoms with Gasteiger partial charge in [0.1, 0.15) is 0 Å². The molecule has 1 N–H and O–H groups in total. The van der Waals surface area contributed by atoms with E-state index in [4.69, 9.17) is 0 Å². The minimum absolute atomic E-state index is 0.0142. The summed E-state index contributed by atoms with van der Waals surface area (Å²) in [4.78, 5) is 12.1. The Bertz CT molecular complexity index is 577. The van der Waals surface area contributed by atoms with Crippen molar-refractivity contribution in [2.45, 2.75) is 38.2 Å². The zero-order chi connectivity index (χ0) is 16.3. The number of aliphatic hydroxyl groups is 1. The van der Waals surface area contributed by atoms with Gasteiger partial charge in [0.25, 0.3) is 12.3 Å². The molecule has 2 rings (SSSR count). The van der Waals surface area contributed by atoms with Gasteiger partial charge in [-0.2, -0.15) is 10.1 Å². The summed E-state index contributed by atoms with van der Waals surface area (Å²) in [7, 11) is 0. The average Bonchev–Trinajstić information content (AvgIpc) is 2.77. The number of halogens is 2. The Hall–Kier alpha value is -1.47. The van der Waals surface area contributed by atoms with E-state index in [1.54, 1.807) is 0 Å². The summed E-state index contributed by atoms with van der Waals surface area (Å²) in [5.41, 5.74) is 0.00740. The lowest BCUT2D eigenvalue weighted by Crippen LogP contribution is -2.52. The van der Waals surface area contributed by atoms with E-state index in [0.29, 0.717) is 16.5 Å². The number of thioether (sulfide) groups is 1. The summed E-state index contributed by atoms with van der Waals surface area (Å²) in [6.07, 6.45) is -3.38. The first-order chi connectivity index (χ1) is 10.3. The van der Waals surface area contributed by atoms with Crippen molar-refractivity contribution < 1.29 is 18.7 Å². The van der Waals surface area contributed by atoms with Gasteiger partial charge in [0, 0.05) is 17.9 Å². The standard InChI is InChI=1S/C15H18F2N2O2S/c1-10-3-5-12(6-4-10)8-22-9-13(20)19-15(21,14(16)17)7-11(2)18-19/h3-6,14,21H,7-9H2,1-2H3. The van der Waals surface area contributed by atoms with Crippen LogP contribution in [0.3, 0.4) is 0 Å². The Morgan fingerprint density at radius 2 is 2.05 bits per heavy atom. The van der Waals surface area contributed by atoms with Crippen molar-refractivity contribution in [2.24, 2.45) is 5.10 Å². The maximum atomic E-state index is 13.0. The first kappa shape index (κ1) is 16.9. The molecule has 0 fully saturated rings. The maximum Gasteiger partial charge on any atom is 0.287 e. The van der Waals surface area contributed by atoms with Crippen molar-refractivity contribution >= 4 is 23.4 Å². The summed E-state index contributed by atoms with van der Waals surface area (Å²) >= 11 is 1.30. The Kier molecular flexibility index (Phi) is 5.18. The molecule has 0 saturated heterocycles. The summed E-state index contributed by atoms with van der Waals surface area (Å²) in [5, 5.41) is 14.2. The molecule has 0 radical (unpaired) electrons. The quantitative estimate of drug-likeness (QED) is 0.904. The molecule has 4 nitrogen and oxygen atoms in total. The molecule has 1 amide bonds. The molecule has 120 valence electrons. The SMILES string of the molecule is CC1=NN(C(=O)CSCc2ccc(C)cc2)C(O)(C(F)F)C1. The van der Waals surface area contributed by atoms with Crippen LogP contribution in [0, 0.1) is 6.92 Å². The van der Waals surface area contributed by atoms with Crippen LogP contribution in [0.5, 0.6) is 0 Å². The fourth-order valence-corrected chi connectivity index (χ4v) is 3.01. The van der Waals surface area contributed by atoms with Crippen LogP contribution in [0.4, 0.5) is 8.78 Å². The highest BCUT2D eigenvalue weighted by Crippen LogP contribution is 2.31. The van der Waals surface area contributed by atoms with Gasteiger partial charge in [-0.3, -0.25) is 4.79 Å². The Balaban J connectivity index is 1.92. The lowest BCUT2D eigenvalue weighted by molar-refractivity contribution is -0.190. The molecule has 1 aliphatic rings. The normalized spacial score (nSPS) is 21.4. The maximum absolute atomic E-state index is 13.0. The molecule has 1 aromatic carbocycles. The summed E-state index contributed by atoms with van der Waals surface area (Å²) < 4.78 is 26.0. The minimum atomic E-state index is -3.06. The first-order valence-corrected chi connectivity index (χ1v) is 7.99. The van der Waals surface area contributed by atoms with Gasteiger partial charge >= 0.3 is 0 Å². The number of carbonyl (C=O) groups is 1. The van der Waals surface area contributed by atoms with Crippen molar-refractivity contribution in [3.05, 3.63) is 35.4 Å². The number of amides is 1. The van der Waals surface area contributed by atoms with Gasteiger partial charge in [-0.15, -0.1) is 11.8 Å². The zero-order valence-corrected chi connectivity index (χ0v) is 13.2. The van der Waals surface area contributed by atoms with Gasteiger partial charge < -0.3 is 5.11 Å². The number of hydrazone groups is 1. The number of alkyl halides is 2. The summed E-state index contributed by atoms with van der Waals surface area (Å²) in [6.45, 7) is 3.50. The number of carbonyl (C=O) groups excluding carboxylic acids is 1. The zero-order valence-electron chi connectivity index (χ0n) is 12.4. The molecule has 7 heteroatoms. The fourth-order valence-electron chi connectivity index (χ4n) is 2.19. The topological polar surface area (TPSA) is 52.9 Å². The lowest BCUT2D eigenvalue weighted by atomic mass is 10.1. The highest BCUT2D eigenvalue weighted by molar-refractivity contribution is 7.99. The molecule has 1 unspecified atom stereocenters. The van der Waals surface area contributed by atoms with E-state index in [1.807, 2.05) is 31.2 Å². The molecule has 22 heavy (non-hydrogen) atoms. The van der Waals surface area contributed by atoms with Crippen LogP contribution < -0.4 is 0 Å². The smallest absolute Gasteiger partial charge is 0.287 e. The number of benzene rings is 1. The predicted octanol–water partition coefficient (Wildman–Crippen LogP) is 2.79. The monoisotopic (exact) mass is 328 g/mol. The average molecular weight is 328 g/mol. The molecule has 1 aromatic rings. The van der Waals surface area contributed by atoms with Gasteiger partial charge in [-0.25, -0.2) is 8.78 Å². The van der Waals surface area contributed by atoms with E-state index in [2.05, 4.69) is 5.10 Å². The molecular weight excluding hydrogens is 310 g/mol. The molecule has 0 aromatic heterocycles. The van der Waals surface area contributed by atoms with E-state index < -0.39 is 18.1 Å². The van der Waals surface area contributed by atoms with Crippen LogP contribution in [0.2, 0.25) is 0 Å². The molecular formula is C15H18F2N2O2S. The van der Waals surface area contributed by atoms with E-state index in [-0.39, 0.29) is 12.2 Å². The van der Waals surface area contributed by atoms with Gasteiger partial charge in [-0.05, 0) is 19.4 Å². The van der Waals surface area contributed by atoms with Crippen LogP contribution in [0.25, 0.3) is 0 Å². The third-order valence-electron chi connectivity index (χ3n) is 3.35. The Morgan fingerprint density at radius 1 is 1.41 bits per heavy atom.